The van der Waals surface area contributed by atoms with Gasteiger partial charge in [0.1, 0.15) is 0 Å². The molecule has 0 aromatic carbocycles. The molecular formula is C18H27N3O2. The standard InChI is InChI=1S/C18H27N3O2/c1-13(20-15-5-6-15)17-9-18-16(10-19-17)14(12-23-3)11-21(18)7-4-8-22-2/h9-11,13,15,20H,4-8,12H2,1-3H3. The Bertz CT molecular complexity index is 649. The third kappa shape index (κ3) is 3.91. The van der Waals surface area contributed by atoms with Crippen LogP contribution in [0.2, 0.25) is 0 Å². The molecule has 1 N–H and O–H groups in total. The van der Waals surface area contributed by atoms with Gasteiger partial charge in [-0.05, 0) is 32.3 Å². The predicted molar refractivity (Wildman–Crippen MR) is 91.5 cm³/mol. The largest absolute Gasteiger partial charge is 0.385 e. The molecule has 0 spiro atoms. The van der Waals surface area contributed by atoms with E-state index in [1.165, 1.54) is 29.3 Å². The van der Waals surface area contributed by atoms with Crippen LogP contribution in [0, 0.1) is 0 Å². The second-order valence-electron chi connectivity index (χ2n) is 6.42. The summed E-state index contributed by atoms with van der Waals surface area (Å²) in [4.78, 5) is 4.68. The highest BCUT2D eigenvalue weighted by atomic mass is 16.5. The molecule has 1 unspecified atom stereocenters. The van der Waals surface area contributed by atoms with Crippen molar-refractivity contribution >= 4 is 10.9 Å². The van der Waals surface area contributed by atoms with Gasteiger partial charge in [-0.3, -0.25) is 4.98 Å². The third-order valence-corrected chi connectivity index (χ3v) is 4.42. The maximum Gasteiger partial charge on any atom is 0.0734 e. The lowest BCUT2D eigenvalue weighted by Gasteiger charge is -2.13. The first-order valence-corrected chi connectivity index (χ1v) is 8.44. The first-order chi connectivity index (χ1) is 11.2. The fourth-order valence-electron chi connectivity index (χ4n) is 3.03. The fraction of sp³-hybridized carbons (Fsp3) is 0.611. The number of fused-ring (bicyclic) bond motifs is 1. The molecule has 2 heterocycles. The molecule has 1 atom stereocenters. The predicted octanol–water partition coefficient (Wildman–Crippen LogP) is 3.03. The molecule has 0 radical (unpaired) electrons. The lowest BCUT2D eigenvalue weighted by molar-refractivity contribution is 0.185. The zero-order valence-electron chi connectivity index (χ0n) is 14.3. The number of ether oxygens (including phenoxy) is 2. The third-order valence-electron chi connectivity index (χ3n) is 4.42. The average Bonchev–Trinajstić information content (AvgIpc) is 3.30. The molecular weight excluding hydrogens is 290 g/mol. The van der Waals surface area contributed by atoms with Crippen LogP contribution in [0.15, 0.2) is 18.5 Å². The molecule has 0 amide bonds. The summed E-state index contributed by atoms with van der Waals surface area (Å²) in [6.45, 7) is 4.53. The summed E-state index contributed by atoms with van der Waals surface area (Å²) in [5.41, 5.74) is 3.55. The van der Waals surface area contributed by atoms with Crippen molar-refractivity contribution in [1.29, 1.82) is 0 Å². The molecule has 0 aliphatic heterocycles. The minimum Gasteiger partial charge on any atom is -0.385 e. The van der Waals surface area contributed by atoms with Crippen LogP contribution in [0.4, 0.5) is 0 Å². The van der Waals surface area contributed by atoms with Gasteiger partial charge in [0.15, 0.2) is 0 Å². The molecule has 3 rings (SSSR count). The maximum atomic E-state index is 5.34. The first-order valence-electron chi connectivity index (χ1n) is 8.44. The number of methoxy groups -OCH3 is 2. The Morgan fingerprint density at radius 1 is 1.35 bits per heavy atom. The summed E-state index contributed by atoms with van der Waals surface area (Å²) in [5, 5.41) is 4.81. The summed E-state index contributed by atoms with van der Waals surface area (Å²) in [5.74, 6) is 0. The SMILES string of the molecule is COCCCn1cc(COC)c2cnc(C(C)NC3CC3)cc21. The Kier molecular flexibility index (Phi) is 5.30. The summed E-state index contributed by atoms with van der Waals surface area (Å²) in [7, 11) is 3.48. The summed E-state index contributed by atoms with van der Waals surface area (Å²) < 4.78 is 12.8. The van der Waals surface area contributed by atoms with Crippen LogP contribution in [0.1, 0.15) is 43.5 Å². The van der Waals surface area contributed by atoms with Gasteiger partial charge in [0.2, 0.25) is 0 Å². The van der Waals surface area contributed by atoms with Crippen LogP contribution >= 0.6 is 0 Å². The number of hydrogen-bond acceptors (Lipinski definition) is 4. The maximum absolute atomic E-state index is 5.34. The summed E-state index contributed by atoms with van der Waals surface area (Å²) in [6, 6.07) is 3.20. The normalized spacial score (nSPS) is 16.1. The molecule has 126 valence electrons. The quantitative estimate of drug-likeness (QED) is 0.722. The molecule has 2 aromatic rings. The Morgan fingerprint density at radius 2 is 2.17 bits per heavy atom. The molecule has 1 aliphatic carbocycles. The molecule has 1 fully saturated rings. The Morgan fingerprint density at radius 3 is 2.87 bits per heavy atom. The average molecular weight is 317 g/mol. The van der Waals surface area contributed by atoms with E-state index in [9.17, 15) is 0 Å². The van der Waals surface area contributed by atoms with Gasteiger partial charge in [-0.2, -0.15) is 0 Å². The van der Waals surface area contributed by atoms with Crippen molar-refractivity contribution in [3.05, 3.63) is 29.7 Å². The monoisotopic (exact) mass is 317 g/mol. The molecule has 2 aromatic heterocycles. The summed E-state index contributed by atoms with van der Waals surface area (Å²) in [6.07, 6.45) is 7.77. The van der Waals surface area contributed by atoms with Crippen LogP contribution in [-0.4, -0.2) is 36.4 Å². The van der Waals surface area contributed by atoms with Crippen LogP contribution in [-0.2, 0) is 22.6 Å². The lowest BCUT2D eigenvalue weighted by Crippen LogP contribution is -2.21. The van der Waals surface area contributed by atoms with Gasteiger partial charge >= 0.3 is 0 Å². The van der Waals surface area contributed by atoms with Crippen LogP contribution in [0.3, 0.4) is 0 Å². The number of pyridine rings is 1. The van der Waals surface area contributed by atoms with E-state index in [1.807, 2.05) is 6.20 Å². The van der Waals surface area contributed by atoms with Crippen molar-refractivity contribution in [3.63, 3.8) is 0 Å². The second-order valence-corrected chi connectivity index (χ2v) is 6.42. The van der Waals surface area contributed by atoms with E-state index in [0.29, 0.717) is 18.7 Å². The lowest BCUT2D eigenvalue weighted by atomic mass is 10.1. The molecule has 0 bridgehead atoms. The fourth-order valence-corrected chi connectivity index (χ4v) is 3.03. The van der Waals surface area contributed by atoms with Crippen LogP contribution < -0.4 is 5.32 Å². The molecule has 0 saturated heterocycles. The zero-order chi connectivity index (χ0) is 16.2. The summed E-state index contributed by atoms with van der Waals surface area (Å²) >= 11 is 0. The van der Waals surface area contributed by atoms with Crippen molar-refractivity contribution in [2.45, 2.75) is 51.4 Å². The van der Waals surface area contributed by atoms with E-state index >= 15 is 0 Å². The van der Waals surface area contributed by atoms with E-state index in [1.54, 1.807) is 14.2 Å². The zero-order valence-corrected chi connectivity index (χ0v) is 14.3. The number of rotatable bonds is 9. The van der Waals surface area contributed by atoms with Gasteiger partial charge in [0.05, 0.1) is 17.8 Å². The van der Waals surface area contributed by atoms with Crippen molar-refractivity contribution in [2.75, 3.05) is 20.8 Å². The minimum absolute atomic E-state index is 0.292. The molecule has 5 heteroatoms. The van der Waals surface area contributed by atoms with E-state index in [0.717, 1.165) is 25.3 Å². The van der Waals surface area contributed by atoms with E-state index in [4.69, 9.17) is 9.47 Å². The van der Waals surface area contributed by atoms with Crippen LogP contribution in [0.25, 0.3) is 10.9 Å². The Labute approximate surface area is 138 Å². The van der Waals surface area contributed by atoms with Gasteiger partial charge in [0, 0.05) is 62.8 Å². The molecule has 1 saturated carbocycles. The molecule has 23 heavy (non-hydrogen) atoms. The molecule has 1 aliphatic rings. The van der Waals surface area contributed by atoms with E-state index in [2.05, 4.69) is 34.1 Å². The number of nitrogens with zero attached hydrogens (tertiary/aromatic N) is 2. The highest BCUT2D eigenvalue weighted by Gasteiger charge is 2.24. The van der Waals surface area contributed by atoms with Crippen molar-refractivity contribution in [2.24, 2.45) is 0 Å². The Hall–Kier alpha value is -1.43. The van der Waals surface area contributed by atoms with Crippen LogP contribution in [0.5, 0.6) is 0 Å². The van der Waals surface area contributed by atoms with E-state index < -0.39 is 0 Å². The number of aryl methyl sites for hydroxylation is 1. The van der Waals surface area contributed by atoms with Crippen molar-refractivity contribution < 1.29 is 9.47 Å². The first kappa shape index (κ1) is 16.4. The number of nitrogens with one attached hydrogen (secondary N) is 1. The van der Waals surface area contributed by atoms with Gasteiger partial charge in [-0.15, -0.1) is 0 Å². The molecule has 5 nitrogen and oxygen atoms in total. The minimum atomic E-state index is 0.292. The van der Waals surface area contributed by atoms with E-state index in [-0.39, 0.29) is 0 Å². The topological polar surface area (TPSA) is 48.3 Å². The highest BCUT2D eigenvalue weighted by Crippen LogP contribution is 2.27. The smallest absolute Gasteiger partial charge is 0.0734 e. The van der Waals surface area contributed by atoms with Gasteiger partial charge in [-0.1, -0.05) is 0 Å². The van der Waals surface area contributed by atoms with Gasteiger partial charge in [-0.25, -0.2) is 0 Å². The Balaban J connectivity index is 1.88. The van der Waals surface area contributed by atoms with Gasteiger partial charge in [0.25, 0.3) is 0 Å². The van der Waals surface area contributed by atoms with Crippen molar-refractivity contribution in [1.82, 2.24) is 14.9 Å². The number of hydrogen-bond donors (Lipinski definition) is 1. The van der Waals surface area contributed by atoms with Crippen molar-refractivity contribution in [3.8, 4) is 0 Å². The second kappa shape index (κ2) is 7.43. The highest BCUT2D eigenvalue weighted by molar-refractivity contribution is 5.83. The number of aromatic nitrogens is 2. The van der Waals surface area contributed by atoms with Gasteiger partial charge < -0.3 is 19.4 Å².